The monoisotopic (exact) mass is 486 g/mol. The molecular weight excluding hydrogens is 452 g/mol. The molecule has 188 valence electrons. The van der Waals surface area contributed by atoms with Crippen LogP contribution in [0, 0.1) is 5.92 Å². The summed E-state index contributed by atoms with van der Waals surface area (Å²) in [6, 6.07) is 14.5. The van der Waals surface area contributed by atoms with Crippen LogP contribution < -0.4 is 10.2 Å². The van der Waals surface area contributed by atoms with Gasteiger partial charge in [-0.2, -0.15) is 0 Å². The second-order valence-corrected chi connectivity index (χ2v) is 10.7. The molecule has 3 aromatic rings. The molecular formula is C29H34N4O3. The number of H-pyrrole nitrogens is 1. The van der Waals surface area contributed by atoms with E-state index >= 15 is 0 Å². The summed E-state index contributed by atoms with van der Waals surface area (Å²) in [6.45, 7) is 8.67. The van der Waals surface area contributed by atoms with E-state index in [0.29, 0.717) is 30.1 Å². The van der Waals surface area contributed by atoms with Gasteiger partial charge in [-0.15, -0.1) is 0 Å². The first-order chi connectivity index (χ1) is 17.2. The quantitative estimate of drug-likeness (QED) is 0.441. The normalized spacial score (nSPS) is 20.1. The molecule has 3 heterocycles. The van der Waals surface area contributed by atoms with E-state index in [1.165, 1.54) is 4.90 Å². The molecule has 1 aromatic heterocycles. The summed E-state index contributed by atoms with van der Waals surface area (Å²) >= 11 is 0. The van der Waals surface area contributed by atoms with Crippen molar-refractivity contribution in [2.45, 2.75) is 65.0 Å². The number of imide groups is 1. The molecule has 0 radical (unpaired) electrons. The van der Waals surface area contributed by atoms with Crippen molar-refractivity contribution in [2.24, 2.45) is 5.92 Å². The minimum Gasteiger partial charge on any atom is -0.356 e. The number of benzene rings is 2. The molecule has 2 N–H and O–H groups in total. The van der Waals surface area contributed by atoms with Crippen molar-refractivity contribution in [1.29, 1.82) is 0 Å². The zero-order chi connectivity index (χ0) is 25.6. The Kier molecular flexibility index (Phi) is 6.10. The molecule has 0 bridgehead atoms. The largest absolute Gasteiger partial charge is 0.356 e. The van der Waals surface area contributed by atoms with Crippen LogP contribution in [0.3, 0.4) is 0 Å². The third-order valence-corrected chi connectivity index (χ3v) is 7.63. The van der Waals surface area contributed by atoms with E-state index in [-0.39, 0.29) is 23.9 Å². The van der Waals surface area contributed by atoms with E-state index in [1.54, 1.807) is 29.2 Å². The number of nitrogens with one attached hydrogen (secondary N) is 2. The minimum atomic E-state index is -1.12. The highest BCUT2D eigenvalue weighted by molar-refractivity contribution is 6.24. The lowest BCUT2D eigenvalue weighted by Gasteiger charge is -2.35. The molecule has 2 aromatic carbocycles. The second kappa shape index (κ2) is 9.12. The summed E-state index contributed by atoms with van der Waals surface area (Å²) in [5, 5.41) is 4.14. The zero-order valence-corrected chi connectivity index (χ0v) is 21.4. The van der Waals surface area contributed by atoms with Gasteiger partial charge >= 0.3 is 6.03 Å². The lowest BCUT2D eigenvalue weighted by atomic mass is 9.87. The molecule has 0 aliphatic carbocycles. The molecule has 1 saturated heterocycles. The molecule has 7 nitrogen and oxygen atoms in total. The molecule has 1 unspecified atom stereocenters. The van der Waals surface area contributed by atoms with Gasteiger partial charge in [-0.05, 0) is 62.4 Å². The summed E-state index contributed by atoms with van der Waals surface area (Å²) < 4.78 is 0. The van der Waals surface area contributed by atoms with Crippen molar-refractivity contribution >= 4 is 34.4 Å². The van der Waals surface area contributed by atoms with Gasteiger partial charge in [-0.25, -0.2) is 9.69 Å². The number of carbonyl (C=O) groups is 3. The Morgan fingerprint density at radius 3 is 2.64 bits per heavy atom. The molecule has 4 amide bonds. The van der Waals surface area contributed by atoms with Crippen LogP contribution in [0.1, 0.15) is 68.6 Å². The van der Waals surface area contributed by atoms with Gasteiger partial charge in [0.1, 0.15) is 0 Å². The van der Waals surface area contributed by atoms with E-state index < -0.39 is 5.54 Å². The van der Waals surface area contributed by atoms with E-state index in [1.807, 2.05) is 32.0 Å². The summed E-state index contributed by atoms with van der Waals surface area (Å²) in [6.07, 6.45) is 3.77. The molecule has 2 aliphatic heterocycles. The first-order valence-electron chi connectivity index (χ1n) is 12.9. The van der Waals surface area contributed by atoms with E-state index in [2.05, 4.69) is 30.2 Å². The number of hydrogen-bond acceptors (Lipinski definition) is 3. The highest BCUT2D eigenvalue weighted by Crippen LogP contribution is 2.45. The predicted molar refractivity (Wildman–Crippen MR) is 141 cm³/mol. The van der Waals surface area contributed by atoms with Gasteiger partial charge in [-0.3, -0.25) is 9.59 Å². The predicted octanol–water partition coefficient (Wildman–Crippen LogP) is 5.35. The summed E-state index contributed by atoms with van der Waals surface area (Å²) in [4.78, 5) is 46.7. The molecule has 36 heavy (non-hydrogen) atoms. The molecule has 7 heteroatoms. The van der Waals surface area contributed by atoms with Crippen molar-refractivity contribution in [3.05, 3.63) is 65.4 Å². The molecule has 0 saturated carbocycles. The zero-order valence-electron chi connectivity index (χ0n) is 21.4. The SMILES string of the molecule is CC(C)CCCC(C)NC(=O)c1cccc(N2C(=O)N3CCc4c([nH]c5ccccc45)[C@@]3(C)C2=O)c1. The number of anilines is 1. The number of hydrogen-bond donors (Lipinski definition) is 2. The number of amides is 4. The number of para-hydroxylation sites is 1. The smallest absolute Gasteiger partial charge is 0.332 e. The number of nitrogens with zero attached hydrogens (tertiary/aromatic N) is 2. The standard InChI is InChI=1S/C29H34N4O3/c1-18(2)9-7-10-19(3)30-26(34)20-11-8-12-21(17-20)33-27(35)29(4)25-23(15-16-32(29)28(33)36)22-13-5-6-14-24(22)31-25/h5-6,8,11-14,17-19,31H,7,9-10,15-16H2,1-4H3,(H,30,34)/t19?,29-/m0/s1. The van der Waals surface area contributed by atoms with Crippen LogP contribution in [-0.4, -0.2) is 40.3 Å². The second-order valence-electron chi connectivity index (χ2n) is 10.7. The molecule has 5 rings (SSSR count). The first-order valence-corrected chi connectivity index (χ1v) is 12.9. The minimum absolute atomic E-state index is 0.0447. The Morgan fingerprint density at radius 2 is 1.86 bits per heavy atom. The lowest BCUT2D eigenvalue weighted by Crippen LogP contribution is -2.49. The van der Waals surface area contributed by atoms with Gasteiger partial charge in [-0.1, -0.05) is 51.0 Å². The van der Waals surface area contributed by atoms with Crippen LogP contribution in [0.5, 0.6) is 0 Å². The van der Waals surface area contributed by atoms with Gasteiger partial charge in [0.05, 0.1) is 11.4 Å². The number of rotatable bonds is 7. The van der Waals surface area contributed by atoms with Crippen LogP contribution in [0.4, 0.5) is 10.5 Å². The highest BCUT2D eigenvalue weighted by atomic mass is 16.2. The number of aromatic amines is 1. The van der Waals surface area contributed by atoms with Crippen LogP contribution in [0.15, 0.2) is 48.5 Å². The molecule has 2 atom stereocenters. The maximum Gasteiger partial charge on any atom is 0.332 e. The number of carbonyl (C=O) groups excluding carboxylic acids is 3. The Hall–Kier alpha value is -3.61. The van der Waals surface area contributed by atoms with E-state index in [0.717, 1.165) is 41.4 Å². The number of aromatic nitrogens is 1. The molecule has 2 aliphatic rings. The van der Waals surface area contributed by atoms with Crippen LogP contribution in [-0.2, 0) is 16.8 Å². The topological polar surface area (TPSA) is 85.5 Å². The van der Waals surface area contributed by atoms with Crippen molar-refractivity contribution < 1.29 is 14.4 Å². The van der Waals surface area contributed by atoms with Gasteiger partial charge in [0.15, 0.2) is 5.54 Å². The highest BCUT2D eigenvalue weighted by Gasteiger charge is 2.59. The summed E-state index contributed by atoms with van der Waals surface area (Å²) in [5.41, 5.74) is 2.56. The van der Waals surface area contributed by atoms with Crippen LogP contribution in [0.25, 0.3) is 10.9 Å². The maximum atomic E-state index is 13.9. The van der Waals surface area contributed by atoms with Gasteiger partial charge in [0, 0.05) is 29.1 Å². The van der Waals surface area contributed by atoms with Crippen molar-refractivity contribution in [3.63, 3.8) is 0 Å². The fraction of sp³-hybridized carbons (Fsp3) is 0.414. The van der Waals surface area contributed by atoms with Crippen LogP contribution in [0.2, 0.25) is 0 Å². The number of urea groups is 1. The van der Waals surface area contributed by atoms with Crippen molar-refractivity contribution in [3.8, 4) is 0 Å². The molecule has 0 spiro atoms. The Labute approximate surface area is 211 Å². The third kappa shape index (κ3) is 3.87. The van der Waals surface area contributed by atoms with Crippen LogP contribution >= 0.6 is 0 Å². The van der Waals surface area contributed by atoms with Crippen molar-refractivity contribution in [1.82, 2.24) is 15.2 Å². The van der Waals surface area contributed by atoms with Gasteiger partial charge < -0.3 is 15.2 Å². The van der Waals surface area contributed by atoms with Crippen molar-refractivity contribution in [2.75, 3.05) is 11.4 Å². The third-order valence-electron chi connectivity index (χ3n) is 7.63. The summed E-state index contributed by atoms with van der Waals surface area (Å²) in [7, 11) is 0. The fourth-order valence-corrected chi connectivity index (χ4v) is 5.62. The summed E-state index contributed by atoms with van der Waals surface area (Å²) in [5.74, 6) is 0.135. The van der Waals surface area contributed by atoms with E-state index in [4.69, 9.17) is 0 Å². The molecule has 1 fully saturated rings. The lowest BCUT2D eigenvalue weighted by molar-refractivity contribution is -0.125. The number of fused-ring (bicyclic) bond motifs is 5. The average molecular weight is 487 g/mol. The Morgan fingerprint density at radius 1 is 1.08 bits per heavy atom. The van der Waals surface area contributed by atoms with E-state index in [9.17, 15) is 14.4 Å². The van der Waals surface area contributed by atoms with Gasteiger partial charge in [0.25, 0.3) is 11.8 Å². The first kappa shape index (κ1) is 24.1. The Balaban J connectivity index is 1.40. The maximum absolute atomic E-state index is 13.9. The Bertz CT molecular complexity index is 1340. The average Bonchev–Trinajstić information content (AvgIpc) is 3.32. The fourth-order valence-electron chi connectivity index (χ4n) is 5.62. The van der Waals surface area contributed by atoms with Gasteiger partial charge in [0.2, 0.25) is 0 Å².